The van der Waals surface area contributed by atoms with E-state index < -0.39 is 0 Å². The summed E-state index contributed by atoms with van der Waals surface area (Å²) in [6.45, 7) is 0. The average Bonchev–Trinajstić information content (AvgIpc) is 3.96. The van der Waals surface area contributed by atoms with E-state index in [-0.39, 0.29) is 0 Å². The average molecular weight is 747 g/mol. The van der Waals surface area contributed by atoms with Crippen LogP contribution >= 0.6 is 11.3 Å². The molecule has 5 nitrogen and oxygen atoms in total. The summed E-state index contributed by atoms with van der Waals surface area (Å²) < 4.78 is 11.5. The van der Waals surface area contributed by atoms with Crippen molar-refractivity contribution in [3.8, 4) is 51.0 Å². The fourth-order valence-corrected chi connectivity index (χ4v) is 9.75. The summed E-state index contributed by atoms with van der Waals surface area (Å²) in [4.78, 5) is 15.1. The van der Waals surface area contributed by atoms with E-state index in [1.165, 1.54) is 31.9 Å². The minimum Gasteiger partial charge on any atom is -0.455 e. The highest BCUT2D eigenvalue weighted by molar-refractivity contribution is 7.26. The topological polar surface area (TPSA) is 56.7 Å². The second kappa shape index (κ2) is 12.6. The van der Waals surface area contributed by atoms with E-state index >= 15 is 0 Å². The van der Waals surface area contributed by atoms with Gasteiger partial charge in [0.25, 0.3) is 0 Å². The van der Waals surface area contributed by atoms with Crippen LogP contribution in [-0.4, -0.2) is 19.5 Å². The van der Waals surface area contributed by atoms with Gasteiger partial charge in [-0.05, 0) is 48.0 Å². The van der Waals surface area contributed by atoms with E-state index in [1.807, 2.05) is 60.7 Å². The van der Waals surface area contributed by atoms with Crippen molar-refractivity contribution in [1.82, 2.24) is 19.5 Å². The number of hydrogen-bond acceptors (Lipinski definition) is 5. The van der Waals surface area contributed by atoms with Crippen molar-refractivity contribution in [2.45, 2.75) is 0 Å². The first-order chi connectivity index (χ1) is 28.3. The molecule has 0 unspecified atom stereocenters. The standard InChI is InChI=1S/C51H30N4OS/c1-3-14-31(15-4-1)49-52-50(32-16-5-2-6-17-32)54-51(53-49)40-24-12-23-39-46-36(20-13-27-45(46)57-48(39)40)37-21-11-22-38-41-30-33(28-29-44(41)56-47(37)38)55-42-25-9-7-18-34(42)35-19-8-10-26-43(35)55/h1-30H. The number of aromatic nitrogens is 4. The van der Waals surface area contributed by atoms with Crippen molar-refractivity contribution in [3.63, 3.8) is 0 Å². The SMILES string of the molecule is c1ccc(-c2nc(-c3ccccc3)nc(-c3cccc4c3sc3cccc(-c5cccc6c5oc5ccc(-n7c8ccccc8c8ccccc87)cc56)c34)n2)cc1. The first-order valence-electron chi connectivity index (χ1n) is 19.0. The molecule has 6 heteroatoms. The zero-order valence-electron chi connectivity index (χ0n) is 30.4. The maximum Gasteiger partial charge on any atom is 0.165 e. The van der Waals surface area contributed by atoms with E-state index in [0.717, 1.165) is 65.5 Å². The third kappa shape index (κ3) is 4.98. The van der Waals surface area contributed by atoms with Gasteiger partial charge in [0.05, 0.1) is 11.0 Å². The zero-order valence-corrected chi connectivity index (χ0v) is 31.2. The quantitative estimate of drug-likeness (QED) is 0.176. The molecule has 0 saturated carbocycles. The Balaban J connectivity index is 1.04. The Labute approximate surface area is 330 Å². The molecule has 0 aliphatic rings. The Bertz CT molecular complexity index is 3420. The van der Waals surface area contributed by atoms with Crippen LogP contribution in [-0.2, 0) is 0 Å². The van der Waals surface area contributed by atoms with E-state index in [1.54, 1.807) is 11.3 Å². The Kier molecular flexibility index (Phi) is 7.03. The van der Waals surface area contributed by atoms with Crippen molar-refractivity contribution in [1.29, 1.82) is 0 Å². The van der Waals surface area contributed by atoms with E-state index in [4.69, 9.17) is 19.4 Å². The lowest BCUT2D eigenvalue weighted by atomic mass is 9.97. The van der Waals surface area contributed by atoms with Crippen molar-refractivity contribution >= 4 is 75.3 Å². The predicted octanol–water partition coefficient (Wildman–Crippen LogP) is 13.9. The second-order valence-corrected chi connectivity index (χ2v) is 15.4. The first kappa shape index (κ1) is 31.9. The van der Waals surface area contributed by atoms with Crippen molar-refractivity contribution in [3.05, 3.63) is 182 Å². The molecule has 0 spiro atoms. The smallest absolute Gasteiger partial charge is 0.165 e. The number of para-hydroxylation sites is 3. The number of benzene rings is 8. The first-order valence-corrected chi connectivity index (χ1v) is 19.8. The molecule has 4 heterocycles. The van der Waals surface area contributed by atoms with Gasteiger partial charge in [0.1, 0.15) is 11.2 Å². The summed E-state index contributed by atoms with van der Waals surface area (Å²) in [6, 6.07) is 63.7. The van der Waals surface area contributed by atoms with Gasteiger partial charge in [-0.1, -0.05) is 140 Å². The lowest BCUT2D eigenvalue weighted by Crippen LogP contribution is -2.00. The molecular formula is C51H30N4OS. The van der Waals surface area contributed by atoms with Crippen LogP contribution in [0.25, 0.3) is 115 Å². The van der Waals surface area contributed by atoms with Gasteiger partial charge in [-0.2, -0.15) is 0 Å². The molecule has 12 rings (SSSR count). The third-order valence-corrected chi connectivity index (χ3v) is 12.3. The zero-order chi connectivity index (χ0) is 37.5. The van der Waals surface area contributed by atoms with Crippen LogP contribution in [0.1, 0.15) is 0 Å². The third-order valence-electron chi connectivity index (χ3n) is 11.1. The predicted molar refractivity (Wildman–Crippen MR) is 236 cm³/mol. The number of nitrogens with zero attached hydrogens (tertiary/aromatic N) is 4. The maximum atomic E-state index is 6.79. The normalized spacial score (nSPS) is 11.9. The molecule has 4 aromatic heterocycles. The molecular weight excluding hydrogens is 717 g/mol. The highest BCUT2D eigenvalue weighted by Crippen LogP contribution is 2.46. The second-order valence-electron chi connectivity index (χ2n) is 14.3. The molecule has 12 aromatic rings. The van der Waals surface area contributed by atoms with Gasteiger partial charge >= 0.3 is 0 Å². The van der Waals surface area contributed by atoms with Crippen molar-refractivity contribution in [2.24, 2.45) is 0 Å². The summed E-state index contributed by atoms with van der Waals surface area (Å²) in [6.07, 6.45) is 0. The van der Waals surface area contributed by atoms with Crippen LogP contribution in [0.3, 0.4) is 0 Å². The number of furan rings is 1. The highest BCUT2D eigenvalue weighted by Gasteiger charge is 2.21. The number of fused-ring (bicyclic) bond motifs is 9. The minimum atomic E-state index is 0.649. The molecule has 0 radical (unpaired) electrons. The van der Waals surface area contributed by atoms with E-state index in [0.29, 0.717) is 17.5 Å². The summed E-state index contributed by atoms with van der Waals surface area (Å²) >= 11 is 1.77. The number of rotatable bonds is 5. The van der Waals surface area contributed by atoms with Crippen LogP contribution in [0.15, 0.2) is 186 Å². The molecule has 0 N–H and O–H groups in total. The van der Waals surface area contributed by atoms with E-state index in [2.05, 4.69) is 126 Å². The van der Waals surface area contributed by atoms with Gasteiger partial charge in [0.15, 0.2) is 17.5 Å². The molecule has 0 aliphatic heterocycles. The van der Waals surface area contributed by atoms with E-state index in [9.17, 15) is 0 Å². The monoisotopic (exact) mass is 746 g/mol. The van der Waals surface area contributed by atoms with Gasteiger partial charge in [0, 0.05) is 69.7 Å². The van der Waals surface area contributed by atoms with Gasteiger partial charge in [-0.25, -0.2) is 15.0 Å². The van der Waals surface area contributed by atoms with Crippen LogP contribution in [0.4, 0.5) is 0 Å². The molecule has 0 aliphatic carbocycles. The lowest BCUT2D eigenvalue weighted by molar-refractivity contribution is 0.670. The van der Waals surface area contributed by atoms with Gasteiger partial charge in [0.2, 0.25) is 0 Å². The van der Waals surface area contributed by atoms with Gasteiger partial charge < -0.3 is 8.98 Å². The Hall–Kier alpha value is -7.41. The summed E-state index contributed by atoms with van der Waals surface area (Å²) in [5, 5.41) is 7.03. The van der Waals surface area contributed by atoms with Crippen LogP contribution < -0.4 is 0 Å². The number of hydrogen-bond donors (Lipinski definition) is 0. The van der Waals surface area contributed by atoms with Crippen LogP contribution in [0.2, 0.25) is 0 Å². The largest absolute Gasteiger partial charge is 0.455 e. The van der Waals surface area contributed by atoms with Crippen molar-refractivity contribution < 1.29 is 4.42 Å². The Morgan fingerprint density at radius 1 is 0.421 bits per heavy atom. The Morgan fingerprint density at radius 3 is 1.68 bits per heavy atom. The maximum absolute atomic E-state index is 6.79. The molecule has 8 aromatic carbocycles. The fourth-order valence-electron chi connectivity index (χ4n) is 8.52. The summed E-state index contributed by atoms with van der Waals surface area (Å²) in [7, 11) is 0. The summed E-state index contributed by atoms with van der Waals surface area (Å²) in [5.41, 5.74) is 10.3. The molecule has 57 heavy (non-hydrogen) atoms. The van der Waals surface area contributed by atoms with Gasteiger partial charge in [-0.3, -0.25) is 0 Å². The molecule has 0 atom stereocenters. The molecule has 0 fully saturated rings. The lowest BCUT2D eigenvalue weighted by Gasteiger charge is -2.09. The van der Waals surface area contributed by atoms with Gasteiger partial charge in [-0.15, -0.1) is 11.3 Å². The van der Waals surface area contributed by atoms with Crippen LogP contribution in [0, 0.1) is 0 Å². The molecule has 266 valence electrons. The summed E-state index contributed by atoms with van der Waals surface area (Å²) in [5.74, 6) is 1.95. The highest BCUT2D eigenvalue weighted by atomic mass is 32.1. The number of thiophene rings is 1. The molecule has 0 amide bonds. The Morgan fingerprint density at radius 2 is 0.982 bits per heavy atom. The minimum absolute atomic E-state index is 0.649. The van der Waals surface area contributed by atoms with Crippen LogP contribution in [0.5, 0.6) is 0 Å². The fraction of sp³-hybridized carbons (Fsp3) is 0. The van der Waals surface area contributed by atoms with Crippen molar-refractivity contribution in [2.75, 3.05) is 0 Å². The molecule has 0 saturated heterocycles. The molecule has 0 bridgehead atoms.